The van der Waals surface area contributed by atoms with Crippen molar-refractivity contribution in [3.8, 4) is 6.19 Å². The van der Waals surface area contributed by atoms with E-state index in [1.807, 2.05) is 0 Å². The van der Waals surface area contributed by atoms with Gasteiger partial charge in [-0.2, -0.15) is 9.57 Å². The minimum Gasteiger partial charge on any atom is -0.344 e. The highest BCUT2D eigenvalue weighted by atomic mass is 31.3. The van der Waals surface area contributed by atoms with Gasteiger partial charge in [-0.1, -0.05) is 0 Å². The second kappa shape index (κ2) is 14.4. The lowest BCUT2D eigenvalue weighted by Crippen LogP contribution is -1.84. The molecule has 0 atom stereocenters. The predicted octanol–water partition coefficient (Wildman–Crippen LogP) is -0.737. The van der Waals surface area contributed by atoms with Gasteiger partial charge in [-0.15, -0.1) is 0 Å². The van der Waals surface area contributed by atoms with Crippen molar-refractivity contribution < 1.29 is 33.0 Å². The molecular formula is CH18N6O7P2. The molecule has 0 saturated heterocycles. The molecule has 0 aliphatic rings. The van der Waals surface area contributed by atoms with Gasteiger partial charge in [0.05, 0.1) is 0 Å². The van der Waals surface area contributed by atoms with Gasteiger partial charge in [-0.3, -0.25) is 0 Å². The first-order valence-corrected chi connectivity index (χ1v) is 5.10. The predicted molar refractivity (Wildman–Crippen MR) is 55.1 cm³/mol. The van der Waals surface area contributed by atoms with Crippen LogP contribution in [0.1, 0.15) is 0 Å². The molecule has 0 amide bonds. The summed E-state index contributed by atoms with van der Waals surface area (Å²) in [6.45, 7) is 0. The molecule has 0 unspecified atom stereocenters. The van der Waals surface area contributed by atoms with Gasteiger partial charge in [0.25, 0.3) is 0 Å². The van der Waals surface area contributed by atoms with Crippen molar-refractivity contribution in [1.82, 2.24) is 24.6 Å². The quantitative estimate of drug-likeness (QED) is 0.172. The number of nitrogens with zero attached hydrogens (tertiary/aromatic N) is 1. The summed E-state index contributed by atoms with van der Waals surface area (Å²) in [5, 5.41) is 7.10. The third-order valence-electron chi connectivity index (χ3n) is 0.213. The Morgan fingerprint density at radius 3 is 1.06 bits per heavy atom. The fourth-order valence-electron chi connectivity index (χ4n) is 0.139. The van der Waals surface area contributed by atoms with E-state index in [1.165, 1.54) is 6.19 Å². The van der Waals surface area contributed by atoms with Gasteiger partial charge < -0.3 is 49.9 Å². The molecule has 0 fully saturated rings. The topological polar surface area (TPSA) is 314 Å². The van der Waals surface area contributed by atoms with Crippen LogP contribution in [0.4, 0.5) is 0 Å². The molecule has 0 aromatic rings. The molecule has 13 nitrogen and oxygen atoms in total. The molecule has 0 aliphatic carbocycles. The first-order valence-electron chi connectivity index (χ1n) is 2.04. The lowest BCUT2D eigenvalue weighted by Gasteiger charge is -2.03. The van der Waals surface area contributed by atoms with Crippen LogP contribution in [0.5, 0.6) is 0 Å². The summed E-state index contributed by atoms with van der Waals surface area (Å²) in [6, 6.07) is 0. The summed E-state index contributed by atoms with van der Waals surface area (Å²) >= 11 is 0. The molecule has 0 rings (SSSR count). The van der Waals surface area contributed by atoms with Crippen molar-refractivity contribution in [2.45, 2.75) is 0 Å². The zero-order valence-corrected chi connectivity index (χ0v) is 10.0. The fourth-order valence-corrected chi connectivity index (χ4v) is 1.25. The van der Waals surface area contributed by atoms with Gasteiger partial charge in [-0.05, 0) is 0 Å². The van der Waals surface area contributed by atoms with Gasteiger partial charge in [0.15, 0.2) is 6.19 Å². The normalized spacial score (nSPS) is 8.19. The number of hydrogen-bond acceptors (Lipinski definition) is 9. The van der Waals surface area contributed by atoms with E-state index in [4.69, 9.17) is 24.8 Å². The van der Waals surface area contributed by atoms with Crippen molar-refractivity contribution in [1.29, 1.82) is 5.26 Å². The monoisotopic (exact) mass is 288 g/mol. The van der Waals surface area contributed by atoms with E-state index < -0.39 is 15.6 Å². The third kappa shape index (κ3) is 70.8. The van der Waals surface area contributed by atoms with E-state index >= 15 is 0 Å². The fraction of sp³-hybridized carbons (Fsp3) is 0. The van der Waals surface area contributed by atoms with Crippen LogP contribution in [0.15, 0.2) is 0 Å². The standard InChI is InChI=1S/CH2N2.4H3N.H4O7P2/c2-1-3;;;;;1-8(2,3)7-9(4,5)6/h2H2;4*1H3;(H2,1,2,3)(H2,4,5,6). The minimum absolute atomic E-state index is 0. The van der Waals surface area contributed by atoms with E-state index in [2.05, 4.69) is 10.0 Å². The van der Waals surface area contributed by atoms with Crippen molar-refractivity contribution in [2.75, 3.05) is 0 Å². The first-order chi connectivity index (χ1) is 5.12. The second-order valence-corrected chi connectivity index (χ2v) is 3.81. The van der Waals surface area contributed by atoms with E-state index in [1.54, 1.807) is 0 Å². The van der Waals surface area contributed by atoms with Gasteiger partial charge in [0.2, 0.25) is 0 Å². The Hall–Kier alpha value is -0.610. The van der Waals surface area contributed by atoms with E-state index in [0.29, 0.717) is 0 Å². The maximum Gasteiger partial charge on any atom is 0.478 e. The number of nitrogens with two attached hydrogens (primary N) is 1. The molecule has 0 heterocycles. The Morgan fingerprint density at radius 1 is 0.938 bits per heavy atom. The van der Waals surface area contributed by atoms with Gasteiger partial charge in [0.1, 0.15) is 0 Å². The maximum atomic E-state index is 9.63. The molecular weight excluding hydrogens is 270 g/mol. The summed E-state index contributed by atoms with van der Waals surface area (Å²) in [5.74, 6) is 0. The zero-order chi connectivity index (χ0) is 10.4. The zero-order valence-electron chi connectivity index (χ0n) is 8.26. The van der Waals surface area contributed by atoms with Crippen molar-refractivity contribution in [3.63, 3.8) is 0 Å². The van der Waals surface area contributed by atoms with Gasteiger partial charge in [0, 0.05) is 0 Å². The van der Waals surface area contributed by atoms with E-state index in [0.717, 1.165) is 0 Å². The maximum absolute atomic E-state index is 9.63. The van der Waals surface area contributed by atoms with Crippen LogP contribution < -0.4 is 30.3 Å². The number of phosphoric acid groups is 2. The molecule has 0 bridgehead atoms. The highest BCUT2D eigenvalue weighted by molar-refractivity contribution is 7.60. The molecule has 15 heteroatoms. The molecule has 0 aromatic heterocycles. The SMILES string of the molecule is N.N.N.N.N#CN.O=P(O)(O)OP(=O)(O)O. The van der Waals surface area contributed by atoms with Crippen molar-refractivity contribution in [2.24, 2.45) is 5.73 Å². The Kier molecular flexibility index (Phi) is 32.5. The summed E-state index contributed by atoms with van der Waals surface area (Å²) < 4.78 is 22.2. The lowest BCUT2D eigenvalue weighted by atomic mass is 11.5. The molecule has 0 aliphatic heterocycles. The summed E-state index contributed by atoms with van der Waals surface area (Å²) in [5.41, 5.74) is 4.15. The summed E-state index contributed by atoms with van der Waals surface area (Å²) in [7, 11) is -10.1. The molecule has 0 saturated carbocycles. The number of hydrogen-bond donors (Lipinski definition) is 9. The average molecular weight is 288 g/mol. The minimum atomic E-state index is -5.05. The summed E-state index contributed by atoms with van der Waals surface area (Å²) in [6.07, 6.45) is 1.25. The van der Waals surface area contributed by atoms with Crippen LogP contribution in [0, 0.1) is 11.5 Å². The molecule has 18 N–H and O–H groups in total. The number of nitriles is 1. The molecule has 0 spiro atoms. The smallest absolute Gasteiger partial charge is 0.344 e. The Bertz CT molecular complexity index is 230. The third-order valence-corrected chi connectivity index (χ3v) is 1.91. The van der Waals surface area contributed by atoms with Gasteiger partial charge in [-0.25, -0.2) is 9.13 Å². The van der Waals surface area contributed by atoms with Crippen LogP contribution in [0.25, 0.3) is 0 Å². The van der Waals surface area contributed by atoms with E-state index in [-0.39, 0.29) is 24.6 Å². The molecule has 16 heavy (non-hydrogen) atoms. The largest absolute Gasteiger partial charge is 0.478 e. The van der Waals surface area contributed by atoms with Crippen LogP contribution >= 0.6 is 15.6 Å². The molecule has 0 aromatic carbocycles. The van der Waals surface area contributed by atoms with Crippen molar-refractivity contribution >= 4 is 15.6 Å². The Morgan fingerprint density at radius 2 is 1.06 bits per heavy atom. The summed E-state index contributed by atoms with van der Waals surface area (Å²) in [4.78, 5) is 31.0. The highest BCUT2D eigenvalue weighted by Crippen LogP contribution is 2.53. The van der Waals surface area contributed by atoms with Gasteiger partial charge >= 0.3 is 15.6 Å². The van der Waals surface area contributed by atoms with Crippen LogP contribution in [0.2, 0.25) is 0 Å². The second-order valence-electron chi connectivity index (χ2n) is 1.19. The van der Waals surface area contributed by atoms with Crippen LogP contribution in [-0.2, 0) is 13.4 Å². The Labute approximate surface area is 91.4 Å². The van der Waals surface area contributed by atoms with E-state index in [9.17, 15) is 9.13 Å². The highest BCUT2D eigenvalue weighted by Gasteiger charge is 2.27. The Balaban J connectivity index is -0.0000000324. The van der Waals surface area contributed by atoms with Crippen LogP contribution in [-0.4, -0.2) is 19.6 Å². The van der Waals surface area contributed by atoms with Crippen LogP contribution in [0.3, 0.4) is 0 Å². The number of rotatable bonds is 2. The molecule has 0 radical (unpaired) electrons. The molecule has 104 valence electrons. The lowest BCUT2D eigenvalue weighted by molar-refractivity contribution is 0.225. The first kappa shape index (κ1) is 36.1. The average Bonchev–Trinajstić information content (AvgIpc) is 1.53. The van der Waals surface area contributed by atoms with Crippen molar-refractivity contribution in [3.05, 3.63) is 0 Å².